The molecule has 12 heavy (non-hydrogen) atoms. The number of carbonyl (C=O) groups excluding carboxylic acids is 1. The molecule has 0 aliphatic rings. The standard InChI is InChI=1S/C9H13NOS/c1-7(11)5-8(6-10)9-3-2-4-12-9/h2-4,8H,5-6,10H2,1H3. The fourth-order valence-corrected chi connectivity index (χ4v) is 2.01. The van der Waals surface area contributed by atoms with Gasteiger partial charge in [0.2, 0.25) is 0 Å². The fourth-order valence-electron chi connectivity index (χ4n) is 1.17. The molecular weight excluding hydrogens is 170 g/mol. The van der Waals surface area contributed by atoms with Gasteiger partial charge in [0, 0.05) is 23.8 Å². The maximum atomic E-state index is 10.9. The summed E-state index contributed by atoms with van der Waals surface area (Å²) >= 11 is 1.67. The molecule has 0 aliphatic heterocycles. The van der Waals surface area contributed by atoms with Gasteiger partial charge in [0.05, 0.1) is 0 Å². The molecule has 0 saturated heterocycles. The van der Waals surface area contributed by atoms with Crippen LogP contribution in [0.1, 0.15) is 24.1 Å². The number of rotatable bonds is 4. The SMILES string of the molecule is CC(=O)CC(CN)c1cccs1. The van der Waals surface area contributed by atoms with E-state index in [4.69, 9.17) is 5.73 Å². The Bertz CT molecular complexity index is 243. The highest BCUT2D eigenvalue weighted by Crippen LogP contribution is 2.23. The topological polar surface area (TPSA) is 43.1 Å². The normalized spacial score (nSPS) is 12.8. The van der Waals surface area contributed by atoms with Crippen LogP contribution in [0.3, 0.4) is 0 Å². The second kappa shape index (κ2) is 4.38. The van der Waals surface area contributed by atoms with E-state index in [9.17, 15) is 4.79 Å². The molecule has 1 aromatic rings. The predicted octanol–water partition coefficient (Wildman–Crippen LogP) is 1.77. The summed E-state index contributed by atoms with van der Waals surface area (Å²) < 4.78 is 0. The average molecular weight is 183 g/mol. The average Bonchev–Trinajstić information content (AvgIpc) is 2.51. The number of ketones is 1. The molecule has 0 saturated carbocycles. The lowest BCUT2D eigenvalue weighted by atomic mass is 10.0. The second-order valence-corrected chi connectivity index (χ2v) is 3.83. The lowest BCUT2D eigenvalue weighted by Gasteiger charge is -2.09. The first-order valence-electron chi connectivity index (χ1n) is 3.97. The van der Waals surface area contributed by atoms with Crippen molar-refractivity contribution < 1.29 is 4.79 Å². The highest BCUT2D eigenvalue weighted by Gasteiger charge is 2.12. The van der Waals surface area contributed by atoms with Crippen molar-refractivity contribution >= 4 is 17.1 Å². The monoisotopic (exact) mass is 183 g/mol. The lowest BCUT2D eigenvalue weighted by Crippen LogP contribution is -2.14. The summed E-state index contributed by atoms with van der Waals surface area (Å²) in [6.07, 6.45) is 0.566. The minimum Gasteiger partial charge on any atom is -0.330 e. The van der Waals surface area contributed by atoms with Crippen LogP contribution in [-0.4, -0.2) is 12.3 Å². The minimum absolute atomic E-state index is 0.207. The summed E-state index contributed by atoms with van der Waals surface area (Å²) in [5, 5.41) is 2.01. The van der Waals surface area contributed by atoms with Crippen molar-refractivity contribution in [3.63, 3.8) is 0 Å². The molecule has 1 atom stereocenters. The van der Waals surface area contributed by atoms with Gasteiger partial charge in [-0.3, -0.25) is 0 Å². The third kappa shape index (κ3) is 2.43. The van der Waals surface area contributed by atoms with Gasteiger partial charge < -0.3 is 10.5 Å². The van der Waals surface area contributed by atoms with Crippen molar-refractivity contribution in [2.45, 2.75) is 19.3 Å². The van der Waals surface area contributed by atoms with Gasteiger partial charge in [0.25, 0.3) is 0 Å². The second-order valence-electron chi connectivity index (χ2n) is 2.85. The van der Waals surface area contributed by atoms with Gasteiger partial charge in [-0.05, 0) is 18.4 Å². The van der Waals surface area contributed by atoms with E-state index in [1.54, 1.807) is 18.3 Å². The molecule has 0 amide bonds. The van der Waals surface area contributed by atoms with Crippen LogP contribution < -0.4 is 5.73 Å². The highest BCUT2D eigenvalue weighted by atomic mass is 32.1. The minimum atomic E-state index is 0.207. The summed E-state index contributed by atoms with van der Waals surface area (Å²) in [5.74, 6) is 0.432. The van der Waals surface area contributed by atoms with Crippen molar-refractivity contribution in [3.05, 3.63) is 22.4 Å². The Morgan fingerprint density at radius 1 is 1.75 bits per heavy atom. The highest BCUT2D eigenvalue weighted by molar-refractivity contribution is 7.10. The summed E-state index contributed by atoms with van der Waals surface area (Å²) in [4.78, 5) is 12.1. The van der Waals surface area contributed by atoms with Crippen molar-refractivity contribution in [1.82, 2.24) is 0 Å². The fraction of sp³-hybridized carbons (Fsp3) is 0.444. The molecule has 0 radical (unpaired) electrons. The molecule has 0 aliphatic carbocycles. The largest absolute Gasteiger partial charge is 0.330 e. The maximum absolute atomic E-state index is 10.9. The quantitative estimate of drug-likeness (QED) is 0.773. The summed E-state index contributed by atoms with van der Waals surface area (Å²) in [6, 6.07) is 4.02. The van der Waals surface area contributed by atoms with Crippen molar-refractivity contribution in [1.29, 1.82) is 0 Å². The first-order valence-corrected chi connectivity index (χ1v) is 4.85. The number of nitrogens with two attached hydrogens (primary N) is 1. The predicted molar refractivity (Wildman–Crippen MR) is 51.4 cm³/mol. The van der Waals surface area contributed by atoms with Gasteiger partial charge in [-0.2, -0.15) is 0 Å². The van der Waals surface area contributed by atoms with Gasteiger partial charge in [0.15, 0.2) is 0 Å². The van der Waals surface area contributed by atoms with Crippen LogP contribution in [0.15, 0.2) is 17.5 Å². The third-order valence-electron chi connectivity index (χ3n) is 1.76. The Balaban J connectivity index is 2.63. The Kier molecular flexibility index (Phi) is 3.44. The van der Waals surface area contributed by atoms with E-state index in [1.165, 1.54) is 4.88 Å². The number of thiophene rings is 1. The Hall–Kier alpha value is -0.670. The van der Waals surface area contributed by atoms with Crippen LogP contribution >= 0.6 is 11.3 Å². The van der Waals surface area contributed by atoms with Gasteiger partial charge in [-0.1, -0.05) is 6.07 Å². The zero-order valence-corrected chi connectivity index (χ0v) is 7.93. The first-order chi connectivity index (χ1) is 5.74. The Labute approximate surface area is 76.4 Å². The molecular formula is C9H13NOS. The number of hydrogen-bond acceptors (Lipinski definition) is 3. The van der Waals surface area contributed by atoms with Crippen LogP contribution in [-0.2, 0) is 4.79 Å². The van der Waals surface area contributed by atoms with Gasteiger partial charge in [0.1, 0.15) is 5.78 Å². The molecule has 0 aromatic carbocycles. The molecule has 0 fully saturated rings. The molecule has 2 N–H and O–H groups in total. The van der Waals surface area contributed by atoms with E-state index in [1.807, 2.05) is 17.5 Å². The summed E-state index contributed by atoms with van der Waals surface area (Å²) in [6.45, 7) is 2.16. The van der Waals surface area contributed by atoms with Crippen LogP contribution in [0.2, 0.25) is 0 Å². The van der Waals surface area contributed by atoms with Crippen molar-refractivity contribution in [3.8, 4) is 0 Å². The van der Waals surface area contributed by atoms with Crippen LogP contribution in [0, 0.1) is 0 Å². The van der Waals surface area contributed by atoms with Gasteiger partial charge >= 0.3 is 0 Å². The first kappa shape index (κ1) is 9.42. The molecule has 1 rings (SSSR count). The molecule has 1 heterocycles. The zero-order valence-electron chi connectivity index (χ0n) is 7.12. The number of carbonyl (C=O) groups is 1. The Morgan fingerprint density at radius 2 is 2.50 bits per heavy atom. The van der Waals surface area contributed by atoms with E-state index in [0.717, 1.165) is 0 Å². The molecule has 66 valence electrons. The lowest BCUT2D eigenvalue weighted by molar-refractivity contribution is -0.117. The summed E-state index contributed by atoms with van der Waals surface area (Å²) in [5.41, 5.74) is 5.57. The van der Waals surface area contributed by atoms with E-state index >= 15 is 0 Å². The van der Waals surface area contributed by atoms with E-state index in [0.29, 0.717) is 13.0 Å². The van der Waals surface area contributed by atoms with Gasteiger partial charge in [-0.25, -0.2) is 0 Å². The number of Topliss-reactive ketones (excluding diaryl/α,β-unsaturated/α-hetero) is 1. The van der Waals surface area contributed by atoms with E-state index in [2.05, 4.69) is 0 Å². The molecule has 0 spiro atoms. The molecule has 2 nitrogen and oxygen atoms in total. The van der Waals surface area contributed by atoms with E-state index in [-0.39, 0.29) is 11.7 Å². The molecule has 1 unspecified atom stereocenters. The number of hydrogen-bond donors (Lipinski definition) is 1. The van der Waals surface area contributed by atoms with Crippen LogP contribution in [0.4, 0.5) is 0 Å². The smallest absolute Gasteiger partial charge is 0.130 e. The molecule has 3 heteroatoms. The van der Waals surface area contributed by atoms with Gasteiger partial charge in [-0.15, -0.1) is 11.3 Å². The molecule has 1 aromatic heterocycles. The van der Waals surface area contributed by atoms with Crippen LogP contribution in [0.5, 0.6) is 0 Å². The third-order valence-corrected chi connectivity index (χ3v) is 2.80. The zero-order chi connectivity index (χ0) is 8.97. The summed E-state index contributed by atoms with van der Waals surface area (Å²) in [7, 11) is 0. The van der Waals surface area contributed by atoms with Crippen molar-refractivity contribution in [2.24, 2.45) is 5.73 Å². The van der Waals surface area contributed by atoms with E-state index < -0.39 is 0 Å². The molecule has 0 bridgehead atoms. The van der Waals surface area contributed by atoms with Crippen LogP contribution in [0.25, 0.3) is 0 Å². The van der Waals surface area contributed by atoms with Crippen molar-refractivity contribution in [2.75, 3.05) is 6.54 Å². The Morgan fingerprint density at radius 3 is 2.92 bits per heavy atom. The maximum Gasteiger partial charge on any atom is 0.130 e.